The van der Waals surface area contributed by atoms with E-state index in [2.05, 4.69) is 4.98 Å². The molecular weight excluding hydrogens is 242 g/mol. The summed E-state index contributed by atoms with van der Waals surface area (Å²) >= 11 is 5.80. The Bertz CT molecular complexity index is 557. The molecule has 86 valence electrons. The SMILES string of the molecule is O=C(O)c1ccnc(Oc2cccc(Cl)c2)c1. The summed E-state index contributed by atoms with van der Waals surface area (Å²) < 4.78 is 5.39. The van der Waals surface area contributed by atoms with Crippen molar-refractivity contribution in [1.82, 2.24) is 4.98 Å². The number of hydrogen-bond donors (Lipinski definition) is 1. The summed E-state index contributed by atoms with van der Waals surface area (Å²) in [5.41, 5.74) is 0.122. The van der Waals surface area contributed by atoms with Gasteiger partial charge in [-0.1, -0.05) is 17.7 Å². The summed E-state index contributed by atoms with van der Waals surface area (Å²) in [6.45, 7) is 0. The molecule has 0 bridgehead atoms. The molecule has 2 aromatic rings. The molecule has 0 aliphatic heterocycles. The second-order valence-corrected chi connectivity index (χ2v) is 3.68. The molecule has 0 unspecified atom stereocenters. The normalized spacial score (nSPS) is 9.94. The van der Waals surface area contributed by atoms with Crippen molar-refractivity contribution in [2.75, 3.05) is 0 Å². The number of aromatic carboxylic acids is 1. The molecule has 0 fully saturated rings. The summed E-state index contributed by atoms with van der Waals surface area (Å²) in [6.07, 6.45) is 1.38. The first-order valence-corrected chi connectivity index (χ1v) is 5.16. The number of hydrogen-bond acceptors (Lipinski definition) is 3. The van der Waals surface area contributed by atoms with Crippen molar-refractivity contribution in [3.63, 3.8) is 0 Å². The molecule has 1 N–H and O–H groups in total. The molecule has 0 atom stereocenters. The third-order valence-electron chi connectivity index (χ3n) is 2.00. The van der Waals surface area contributed by atoms with Gasteiger partial charge in [0.2, 0.25) is 5.88 Å². The van der Waals surface area contributed by atoms with Gasteiger partial charge in [0.15, 0.2) is 0 Å². The van der Waals surface area contributed by atoms with Gasteiger partial charge in [-0.2, -0.15) is 0 Å². The highest BCUT2D eigenvalue weighted by Gasteiger charge is 2.05. The number of aromatic nitrogens is 1. The minimum Gasteiger partial charge on any atom is -0.478 e. The minimum atomic E-state index is -1.02. The van der Waals surface area contributed by atoms with Crippen molar-refractivity contribution >= 4 is 17.6 Å². The molecule has 2 rings (SSSR count). The van der Waals surface area contributed by atoms with Gasteiger partial charge in [0.25, 0.3) is 0 Å². The molecule has 0 spiro atoms. The lowest BCUT2D eigenvalue weighted by Gasteiger charge is -2.05. The molecule has 0 aliphatic carbocycles. The van der Waals surface area contributed by atoms with Crippen LogP contribution in [0.2, 0.25) is 5.02 Å². The number of ether oxygens (including phenoxy) is 1. The molecule has 0 aliphatic rings. The number of benzene rings is 1. The van der Waals surface area contributed by atoms with Crippen molar-refractivity contribution in [3.8, 4) is 11.6 Å². The Morgan fingerprint density at radius 2 is 2.12 bits per heavy atom. The fraction of sp³-hybridized carbons (Fsp3) is 0. The van der Waals surface area contributed by atoms with E-state index in [9.17, 15) is 4.79 Å². The largest absolute Gasteiger partial charge is 0.478 e. The molecule has 0 saturated heterocycles. The van der Waals surface area contributed by atoms with Crippen LogP contribution in [-0.4, -0.2) is 16.1 Å². The van der Waals surface area contributed by atoms with Gasteiger partial charge in [-0.05, 0) is 24.3 Å². The highest BCUT2D eigenvalue weighted by molar-refractivity contribution is 6.30. The molecule has 4 nitrogen and oxygen atoms in total. The van der Waals surface area contributed by atoms with Gasteiger partial charge in [0.05, 0.1) is 5.56 Å². The van der Waals surface area contributed by atoms with Crippen LogP contribution in [0.5, 0.6) is 11.6 Å². The Balaban J connectivity index is 2.24. The monoisotopic (exact) mass is 249 g/mol. The molecule has 0 saturated carbocycles. The first kappa shape index (κ1) is 11.4. The molecule has 17 heavy (non-hydrogen) atoms. The van der Waals surface area contributed by atoms with Gasteiger partial charge >= 0.3 is 5.97 Å². The maximum absolute atomic E-state index is 10.8. The van der Waals surface area contributed by atoms with Crippen molar-refractivity contribution in [3.05, 3.63) is 53.2 Å². The second-order valence-electron chi connectivity index (χ2n) is 3.25. The highest BCUT2D eigenvalue weighted by Crippen LogP contribution is 2.22. The quantitative estimate of drug-likeness (QED) is 0.907. The van der Waals surface area contributed by atoms with Crippen LogP contribution in [0.1, 0.15) is 10.4 Å². The first-order valence-electron chi connectivity index (χ1n) is 4.78. The number of carbonyl (C=O) groups is 1. The van der Waals surface area contributed by atoms with E-state index < -0.39 is 5.97 Å². The third-order valence-corrected chi connectivity index (χ3v) is 2.24. The van der Waals surface area contributed by atoms with Crippen LogP contribution in [0, 0.1) is 0 Å². The van der Waals surface area contributed by atoms with Gasteiger partial charge in [0.1, 0.15) is 5.75 Å². The minimum absolute atomic E-state index is 0.122. The maximum atomic E-state index is 10.8. The predicted molar refractivity (Wildman–Crippen MR) is 62.7 cm³/mol. The molecule has 1 aromatic carbocycles. The summed E-state index contributed by atoms with van der Waals surface area (Å²) in [5, 5.41) is 9.35. The van der Waals surface area contributed by atoms with Gasteiger partial charge in [-0.3, -0.25) is 0 Å². The van der Waals surface area contributed by atoms with Crippen LogP contribution in [0.25, 0.3) is 0 Å². The zero-order chi connectivity index (χ0) is 12.3. The van der Waals surface area contributed by atoms with Gasteiger partial charge < -0.3 is 9.84 Å². The van der Waals surface area contributed by atoms with Gasteiger partial charge in [-0.15, -0.1) is 0 Å². The Kier molecular flexibility index (Phi) is 3.25. The van der Waals surface area contributed by atoms with E-state index >= 15 is 0 Å². The van der Waals surface area contributed by atoms with E-state index in [0.29, 0.717) is 10.8 Å². The second kappa shape index (κ2) is 4.84. The van der Waals surface area contributed by atoms with Crippen LogP contribution < -0.4 is 4.74 Å². The molecule has 0 amide bonds. The molecule has 0 radical (unpaired) electrons. The van der Waals surface area contributed by atoms with Crippen LogP contribution >= 0.6 is 11.6 Å². The summed E-state index contributed by atoms with van der Waals surface area (Å²) in [7, 11) is 0. The van der Waals surface area contributed by atoms with Crippen LogP contribution in [0.3, 0.4) is 0 Å². The van der Waals surface area contributed by atoms with Crippen molar-refractivity contribution in [2.45, 2.75) is 0 Å². The number of rotatable bonds is 3. The molecule has 5 heteroatoms. The number of pyridine rings is 1. The van der Waals surface area contributed by atoms with Crippen LogP contribution in [0.4, 0.5) is 0 Å². The lowest BCUT2D eigenvalue weighted by molar-refractivity contribution is 0.0696. The fourth-order valence-electron chi connectivity index (χ4n) is 1.25. The van der Waals surface area contributed by atoms with E-state index in [1.165, 1.54) is 18.3 Å². The molecule has 1 heterocycles. The Morgan fingerprint density at radius 1 is 1.29 bits per heavy atom. The Labute approximate surface area is 102 Å². The summed E-state index contributed by atoms with van der Waals surface area (Å²) in [4.78, 5) is 14.7. The van der Waals surface area contributed by atoms with Gasteiger partial charge in [0, 0.05) is 17.3 Å². The number of nitrogens with zero attached hydrogens (tertiary/aromatic N) is 1. The molecular formula is C12H8ClNO3. The standard InChI is InChI=1S/C12H8ClNO3/c13-9-2-1-3-10(7-9)17-11-6-8(12(15)16)4-5-14-11/h1-7H,(H,15,16). The summed E-state index contributed by atoms with van der Waals surface area (Å²) in [6, 6.07) is 9.53. The first-order chi connectivity index (χ1) is 8.15. The lowest BCUT2D eigenvalue weighted by Crippen LogP contribution is -1.97. The van der Waals surface area contributed by atoms with Crippen LogP contribution in [-0.2, 0) is 0 Å². The Morgan fingerprint density at radius 3 is 2.82 bits per heavy atom. The van der Waals surface area contributed by atoms with E-state index in [1.54, 1.807) is 24.3 Å². The average molecular weight is 250 g/mol. The van der Waals surface area contributed by atoms with Crippen molar-refractivity contribution in [2.24, 2.45) is 0 Å². The topological polar surface area (TPSA) is 59.4 Å². The smallest absolute Gasteiger partial charge is 0.335 e. The lowest BCUT2D eigenvalue weighted by atomic mass is 10.3. The van der Waals surface area contributed by atoms with Gasteiger partial charge in [-0.25, -0.2) is 9.78 Å². The average Bonchev–Trinajstić information content (AvgIpc) is 2.29. The van der Waals surface area contributed by atoms with E-state index in [-0.39, 0.29) is 11.4 Å². The zero-order valence-electron chi connectivity index (χ0n) is 8.63. The highest BCUT2D eigenvalue weighted by atomic mass is 35.5. The summed E-state index contributed by atoms with van der Waals surface area (Å²) in [5.74, 6) is -0.303. The number of carboxylic acid groups (broad SMARTS) is 1. The number of carboxylic acids is 1. The number of halogens is 1. The molecule has 1 aromatic heterocycles. The van der Waals surface area contributed by atoms with E-state index in [4.69, 9.17) is 21.4 Å². The van der Waals surface area contributed by atoms with E-state index in [1.807, 2.05) is 0 Å². The zero-order valence-corrected chi connectivity index (χ0v) is 9.39. The van der Waals surface area contributed by atoms with E-state index in [0.717, 1.165) is 0 Å². The third kappa shape index (κ3) is 2.95. The van der Waals surface area contributed by atoms with Crippen molar-refractivity contribution in [1.29, 1.82) is 0 Å². The van der Waals surface area contributed by atoms with Crippen molar-refractivity contribution < 1.29 is 14.6 Å². The fourth-order valence-corrected chi connectivity index (χ4v) is 1.43. The Hall–Kier alpha value is -2.07. The van der Waals surface area contributed by atoms with Crippen LogP contribution in [0.15, 0.2) is 42.6 Å². The predicted octanol–water partition coefficient (Wildman–Crippen LogP) is 3.23. The maximum Gasteiger partial charge on any atom is 0.335 e.